The number of hydrogen-bond acceptors (Lipinski definition) is 6. The van der Waals surface area contributed by atoms with E-state index in [9.17, 15) is 9.59 Å². The average Bonchev–Trinajstić information content (AvgIpc) is 3.03. The van der Waals surface area contributed by atoms with Crippen molar-refractivity contribution in [1.29, 1.82) is 0 Å². The van der Waals surface area contributed by atoms with Crippen molar-refractivity contribution in [1.82, 2.24) is 19.2 Å². The quantitative estimate of drug-likeness (QED) is 0.557. The first-order valence-electron chi connectivity index (χ1n) is 8.86. The molecule has 9 heteroatoms. The highest BCUT2D eigenvalue weighted by atomic mass is 16.5. The Morgan fingerprint density at radius 1 is 1.10 bits per heavy atom. The molecule has 4 rings (SSSR count). The molecule has 0 bridgehead atoms. The number of methoxy groups -OCH3 is 2. The van der Waals surface area contributed by atoms with E-state index in [4.69, 9.17) is 9.47 Å². The zero-order valence-corrected chi connectivity index (χ0v) is 16.2. The van der Waals surface area contributed by atoms with Gasteiger partial charge < -0.3 is 14.8 Å². The van der Waals surface area contributed by atoms with Crippen LogP contribution in [0, 0.1) is 6.92 Å². The summed E-state index contributed by atoms with van der Waals surface area (Å²) < 4.78 is 12.8. The van der Waals surface area contributed by atoms with Crippen LogP contribution in [0.5, 0.6) is 11.5 Å². The summed E-state index contributed by atoms with van der Waals surface area (Å²) in [5.74, 6) is 0.675. The molecule has 0 saturated heterocycles. The number of hydrogen-bond donors (Lipinski definition) is 1. The van der Waals surface area contributed by atoms with Crippen molar-refractivity contribution in [3.63, 3.8) is 0 Å². The molecular weight excluding hydrogens is 374 g/mol. The van der Waals surface area contributed by atoms with Gasteiger partial charge in [0.15, 0.2) is 5.65 Å². The maximum atomic E-state index is 12.6. The Kier molecular flexibility index (Phi) is 4.63. The van der Waals surface area contributed by atoms with E-state index in [-0.39, 0.29) is 6.54 Å². The molecule has 1 N–H and O–H groups in total. The fraction of sp³-hybridized carbons (Fsp3) is 0.200. The summed E-state index contributed by atoms with van der Waals surface area (Å²) in [4.78, 5) is 29.5. The number of amides is 1. The van der Waals surface area contributed by atoms with Crippen LogP contribution in [0.1, 0.15) is 5.56 Å². The third-order valence-electron chi connectivity index (χ3n) is 4.50. The number of nitrogens with one attached hydrogen (secondary N) is 1. The Balaban J connectivity index is 1.65. The molecule has 9 nitrogen and oxygen atoms in total. The molecule has 0 aliphatic heterocycles. The Hall–Kier alpha value is -3.88. The third-order valence-corrected chi connectivity index (χ3v) is 4.50. The number of carbonyl (C=O) groups is 1. The number of fused-ring (bicyclic) bond motifs is 3. The summed E-state index contributed by atoms with van der Waals surface area (Å²) in [5, 5.41) is 7.83. The van der Waals surface area contributed by atoms with Crippen molar-refractivity contribution in [3.05, 3.63) is 58.8 Å². The second-order valence-corrected chi connectivity index (χ2v) is 6.55. The lowest BCUT2D eigenvalue weighted by Crippen LogP contribution is -2.28. The second-order valence-electron chi connectivity index (χ2n) is 6.55. The van der Waals surface area contributed by atoms with Gasteiger partial charge in [-0.15, -0.1) is 5.10 Å². The van der Waals surface area contributed by atoms with Gasteiger partial charge in [0.05, 0.1) is 19.7 Å². The molecule has 0 aliphatic carbocycles. The first kappa shape index (κ1) is 18.5. The number of carbonyl (C=O) groups excluding carboxylic acids is 1. The van der Waals surface area contributed by atoms with Gasteiger partial charge in [-0.25, -0.2) is 18.9 Å². The normalized spacial score (nSPS) is 11.0. The minimum absolute atomic E-state index is 0.243. The number of anilines is 1. The Labute approximate surface area is 165 Å². The second kappa shape index (κ2) is 7.27. The third kappa shape index (κ3) is 3.49. The molecule has 4 aromatic rings. The molecule has 0 unspecified atom stereocenters. The van der Waals surface area contributed by atoms with Crippen LogP contribution < -0.4 is 20.5 Å². The van der Waals surface area contributed by atoms with E-state index in [1.165, 1.54) is 24.9 Å². The number of rotatable bonds is 5. The van der Waals surface area contributed by atoms with Crippen LogP contribution in [-0.4, -0.2) is 39.3 Å². The molecule has 2 aromatic carbocycles. The van der Waals surface area contributed by atoms with Gasteiger partial charge in [-0.05, 0) is 19.1 Å². The van der Waals surface area contributed by atoms with Crippen molar-refractivity contribution < 1.29 is 14.3 Å². The predicted molar refractivity (Wildman–Crippen MR) is 108 cm³/mol. The maximum Gasteiger partial charge on any atom is 0.352 e. The molecule has 2 aromatic heterocycles. The Bertz CT molecular complexity index is 1270. The Morgan fingerprint density at radius 3 is 2.52 bits per heavy atom. The van der Waals surface area contributed by atoms with Crippen LogP contribution in [0.3, 0.4) is 0 Å². The van der Waals surface area contributed by atoms with E-state index in [1.54, 1.807) is 18.2 Å². The van der Waals surface area contributed by atoms with Gasteiger partial charge in [-0.3, -0.25) is 4.79 Å². The van der Waals surface area contributed by atoms with Crippen molar-refractivity contribution in [2.45, 2.75) is 13.5 Å². The minimum Gasteiger partial charge on any atom is -0.497 e. The zero-order chi connectivity index (χ0) is 20.5. The van der Waals surface area contributed by atoms with Crippen molar-refractivity contribution >= 4 is 28.1 Å². The predicted octanol–water partition coefficient (Wildman–Crippen LogP) is 2.01. The van der Waals surface area contributed by atoms with Crippen molar-refractivity contribution in [2.75, 3.05) is 19.5 Å². The first-order valence-corrected chi connectivity index (χ1v) is 8.86. The molecule has 0 fully saturated rings. The van der Waals surface area contributed by atoms with Crippen LogP contribution >= 0.6 is 0 Å². The van der Waals surface area contributed by atoms with Crippen LogP contribution in [0.15, 0.2) is 47.5 Å². The highest BCUT2D eigenvalue weighted by molar-refractivity contribution is 5.92. The fourth-order valence-corrected chi connectivity index (χ4v) is 3.09. The molecule has 29 heavy (non-hydrogen) atoms. The van der Waals surface area contributed by atoms with Gasteiger partial charge >= 0.3 is 5.69 Å². The summed E-state index contributed by atoms with van der Waals surface area (Å²) in [6.07, 6.45) is 1.42. The summed E-state index contributed by atoms with van der Waals surface area (Å²) >= 11 is 0. The van der Waals surface area contributed by atoms with E-state index in [2.05, 4.69) is 15.4 Å². The number of aromatic nitrogens is 4. The van der Waals surface area contributed by atoms with Crippen LogP contribution in [0.25, 0.3) is 16.6 Å². The van der Waals surface area contributed by atoms with E-state index >= 15 is 0 Å². The summed E-state index contributed by atoms with van der Waals surface area (Å²) in [6.45, 7) is 1.71. The number of nitrogens with zero attached hydrogens (tertiary/aromatic N) is 4. The van der Waals surface area contributed by atoms with E-state index in [1.807, 2.05) is 25.1 Å². The molecule has 2 heterocycles. The molecule has 0 saturated carbocycles. The van der Waals surface area contributed by atoms with Gasteiger partial charge in [0.1, 0.15) is 24.4 Å². The molecule has 1 amide bonds. The largest absolute Gasteiger partial charge is 0.497 e. The van der Waals surface area contributed by atoms with Gasteiger partial charge in [-0.1, -0.05) is 11.6 Å². The monoisotopic (exact) mass is 393 g/mol. The van der Waals surface area contributed by atoms with Gasteiger partial charge in [-0.2, -0.15) is 0 Å². The zero-order valence-electron chi connectivity index (χ0n) is 16.2. The van der Waals surface area contributed by atoms with Crippen molar-refractivity contribution in [2.24, 2.45) is 0 Å². The van der Waals surface area contributed by atoms with Crippen LogP contribution in [-0.2, 0) is 11.3 Å². The molecule has 148 valence electrons. The van der Waals surface area contributed by atoms with Crippen LogP contribution in [0.2, 0.25) is 0 Å². The number of ether oxygens (including phenoxy) is 2. The molecular formula is C20H19N5O4. The molecule has 0 spiro atoms. The average molecular weight is 393 g/mol. The Morgan fingerprint density at radius 2 is 1.83 bits per heavy atom. The standard InChI is InChI=1S/C20H19N5O4/c1-12-4-5-17-16(6-12)19-23-25(20(27)24(19)11-21-17)10-18(26)22-13-7-14(28-2)9-15(8-13)29-3/h4-9,11H,10H2,1-3H3,(H,22,26). The van der Waals surface area contributed by atoms with E-state index in [0.717, 1.165) is 21.1 Å². The van der Waals surface area contributed by atoms with Gasteiger partial charge in [0.25, 0.3) is 0 Å². The summed E-state index contributed by atoms with van der Waals surface area (Å²) in [7, 11) is 3.05. The first-order chi connectivity index (χ1) is 14.0. The van der Waals surface area contributed by atoms with Crippen LogP contribution in [0.4, 0.5) is 5.69 Å². The lowest BCUT2D eigenvalue weighted by atomic mass is 10.2. The fourth-order valence-electron chi connectivity index (χ4n) is 3.09. The lowest BCUT2D eigenvalue weighted by molar-refractivity contribution is -0.117. The lowest BCUT2D eigenvalue weighted by Gasteiger charge is -2.09. The smallest absolute Gasteiger partial charge is 0.352 e. The van der Waals surface area contributed by atoms with E-state index in [0.29, 0.717) is 22.8 Å². The topological polar surface area (TPSA) is 99.7 Å². The minimum atomic E-state index is -0.436. The molecule has 0 atom stereocenters. The number of aryl methyl sites for hydroxylation is 1. The number of benzene rings is 2. The summed E-state index contributed by atoms with van der Waals surface area (Å²) in [5.41, 5.74) is 2.27. The van der Waals surface area contributed by atoms with Gasteiger partial charge in [0.2, 0.25) is 5.91 Å². The molecule has 0 aliphatic rings. The highest BCUT2D eigenvalue weighted by Crippen LogP contribution is 2.25. The highest BCUT2D eigenvalue weighted by Gasteiger charge is 2.14. The van der Waals surface area contributed by atoms with Gasteiger partial charge in [0, 0.05) is 29.3 Å². The summed E-state index contributed by atoms with van der Waals surface area (Å²) in [6, 6.07) is 10.7. The maximum absolute atomic E-state index is 12.6. The van der Waals surface area contributed by atoms with E-state index < -0.39 is 11.6 Å². The molecule has 0 radical (unpaired) electrons. The SMILES string of the molecule is COc1cc(NC(=O)Cn2nc3c4cc(C)ccc4ncn3c2=O)cc(OC)c1. The van der Waals surface area contributed by atoms with Crippen molar-refractivity contribution in [3.8, 4) is 11.5 Å².